The van der Waals surface area contributed by atoms with Crippen molar-refractivity contribution in [1.82, 2.24) is 23.9 Å². The fourth-order valence-corrected chi connectivity index (χ4v) is 7.13. The molecule has 0 saturated carbocycles. The van der Waals surface area contributed by atoms with E-state index in [1.807, 2.05) is 24.5 Å². The summed E-state index contributed by atoms with van der Waals surface area (Å²) in [7, 11) is 0. The summed E-state index contributed by atoms with van der Waals surface area (Å²) >= 11 is 0. The minimum atomic E-state index is 0.729. The second-order valence-corrected chi connectivity index (χ2v) is 10.9. The summed E-state index contributed by atoms with van der Waals surface area (Å²) in [5, 5.41) is 5.85. The third kappa shape index (κ3) is 2.68. The van der Waals surface area contributed by atoms with Gasteiger partial charge in [0.2, 0.25) is 0 Å². The zero-order chi connectivity index (χ0) is 26.7. The molecule has 0 fully saturated rings. The molecule has 190 valence electrons. The Labute approximate surface area is 234 Å². The molecule has 5 aromatic heterocycles. The molecule has 9 aromatic rings. The Morgan fingerprint density at radius 1 is 0.537 bits per heavy atom. The highest BCUT2D eigenvalue weighted by molar-refractivity contribution is 6.29. The van der Waals surface area contributed by atoms with Gasteiger partial charge in [-0.25, -0.2) is 15.0 Å². The average Bonchev–Trinajstić information content (AvgIpc) is 3.69. The molecule has 5 nitrogen and oxygen atoms in total. The van der Waals surface area contributed by atoms with Crippen molar-refractivity contribution in [2.24, 2.45) is 0 Å². The smallest absolute Gasteiger partial charge is 0.178 e. The molecule has 0 amide bonds. The third-order valence-corrected chi connectivity index (χ3v) is 8.80. The number of hydrogen-bond donors (Lipinski definition) is 0. The van der Waals surface area contributed by atoms with Crippen molar-refractivity contribution in [3.05, 3.63) is 127 Å². The maximum absolute atomic E-state index is 5.14. The zero-order valence-corrected chi connectivity index (χ0v) is 21.9. The van der Waals surface area contributed by atoms with Crippen molar-refractivity contribution in [2.75, 3.05) is 0 Å². The zero-order valence-electron chi connectivity index (χ0n) is 21.9. The minimum absolute atomic E-state index is 0.729. The largest absolute Gasteiger partial charge is 0.309 e. The Hall–Kier alpha value is -5.55. The first kappa shape index (κ1) is 21.3. The summed E-state index contributed by atoms with van der Waals surface area (Å²) in [6.07, 6.45) is 4.62. The van der Waals surface area contributed by atoms with E-state index in [0.717, 1.165) is 50.7 Å². The van der Waals surface area contributed by atoms with Gasteiger partial charge in [0.25, 0.3) is 0 Å². The van der Waals surface area contributed by atoms with Gasteiger partial charge in [0.05, 0.1) is 16.6 Å². The van der Waals surface area contributed by atoms with Crippen molar-refractivity contribution >= 4 is 60.4 Å². The Morgan fingerprint density at radius 2 is 1.39 bits per heavy atom. The predicted molar refractivity (Wildman–Crippen MR) is 166 cm³/mol. The van der Waals surface area contributed by atoms with E-state index in [4.69, 9.17) is 9.97 Å². The van der Waals surface area contributed by atoms with Crippen molar-refractivity contribution in [3.8, 4) is 16.8 Å². The first-order valence-electron chi connectivity index (χ1n) is 13.9. The summed E-state index contributed by atoms with van der Waals surface area (Å²) in [5.41, 5.74) is 12.4. The summed E-state index contributed by atoms with van der Waals surface area (Å²) in [5.74, 6) is 0. The standard InChI is InChI=1S/C36H21N5/c1-2-9-23(10-3-1)40-29-15-14-25-26-12-6-17-38-35(26)41-30-13-7-16-37-34(30)39-36(41)33(25)32(29)28-19-22-18-21-8-4-5-11-24(21)27(22)20-31(28)40/h1-17,19-20H,18H2. The van der Waals surface area contributed by atoms with E-state index in [0.29, 0.717) is 0 Å². The van der Waals surface area contributed by atoms with E-state index in [-0.39, 0.29) is 0 Å². The molecule has 1 aliphatic rings. The lowest BCUT2D eigenvalue weighted by Gasteiger charge is -2.11. The van der Waals surface area contributed by atoms with Gasteiger partial charge < -0.3 is 4.57 Å². The highest BCUT2D eigenvalue weighted by Crippen LogP contribution is 2.45. The van der Waals surface area contributed by atoms with Gasteiger partial charge in [-0.2, -0.15) is 0 Å². The lowest BCUT2D eigenvalue weighted by molar-refractivity contribution is 1.18. The van der Waals surface area contributed by atoms with Crippen LogP contribution in [0.2, 0.25) is 0 Å². The van der Waals surface area contributed by atoms with Crippen LogP contribution in [-0.2, 0) is 6.42 Å². The number of benzene rings is 4. The van der Waals surface area contributed by atoms with E-state index < -0.39 is 0 Å². The van der Waals surface area contributed by atoms with Crippen LogP contribution < -0.4 is 0 Å². The number of nitrogens with zero attached hydrogens (tertiary/aromatic N) is 5. The molecule has 0 aliphatic heterocycles. The normalized spacial score (nSPS) is 12.8. The van der Waals surface area contributed by atoms with Crippen LogP contribution in [0.5, 0.6) is 0 Å². The van der Waals surface area contributed by atoms with Crippen LogP contribution in [-0.4, -0.2) is 23.9 Å². The number of rotatable bonds is 1. The second-order valence-electron chi connectivity index (χ2n) is 10.9. The SMILES string of the molecule is c1ccc(-n2c3cc4c(cc3c3c5c(ccc32)c2cccnc2n2c3cccnc3nc52)Cc2ccccc2-4)cc1. The number of hydrogen-bond acceptors (Lipinski definition) is 3. The summed E-state index contributed by atoms with van der Waals surface area (Å²) < 4.78 is 4.60. The van der Waals surface area contributed by atoms with Gasteiger partial charge in [0.1, 0.15) is 11.3 Å². The van der Waals surface area contributed by atoms with Gasteiger partial charge >= 0.3 is 0 Å². The average molecular weight is 524 g/mol. The molecule has 1 aliphatic carbocycles. The van der Waals surface area contributed by atoms with Crippen LogP contribution in [0.25, 0.3) is 77.2 Å². The quantitative estimate of drug-likeness (QED) is 0.204. The summed E-state index contributed by atoms with van der Waals surface area (Å²) in [4.78, 5) is 14.6. The van der Waals surface area contributed by atoms with Crippen LogP contribution in [0.4, 0.5) is 0 Å². The first-order chi connectivity index (χ1) is 20.3. The number of pyridine rings is 3. The lowest BCUT2D eigenvalue weighted by atomic mass is 9.99. The van der Waals surface area contributed by atoms with E-state index in [1.165, 1.54) is 44.1 Å². The van der Waals surface area contributed by atoms with Crippen LogP contribution in [0.1, 0.15) is 11.1 Å². The van der Waals surface area contributed by atoms with Gasteiger partial charge in [0.15, 0.2) is 5.65 Å². The molecular formula is C36H21N5. The number of imidazole rings is 1. The lowest BCUT2D eigenvalue weighted by Crippen LogP contribution is -1.95. The molecular weight excluding hydrogens is 502 g/mol. The van der Waals surface area contributed by atoms with E-state index in [9.17, 15) is 0 Å². The van der Waals surface area contributed by atoms with Crippen LogP contribution in [0, 0.1) is 0 Å². The van der Waals surface area contributed by atoms with Gasteiger partial charge in [-0.15, -0.1) is 0 Å². The molecule has 5 heteroatoms. The monoisotopic (exact) mass is 523 g/mol. The highest BCUT2D eigenvalue weighted by Gasteiger charge is 2.25. The molecule has 0 bridgehead atoms. The molecule has 0 radical (unpaired) electrons. The van der Waals surface area contributed by atoms with Crippen LogP contribution in [0.15, 0.2) is 116 Å². The highest BCUT2D eigenvalue weighted by atomic mass is 15.1. The third-order valence-electron chi connectivity index (χ3n) is 8.80. The first-order valence-corrected chi connectivity index (χ1v) is 13.9. The van der Waals surface area contributed by atoms with Crippen molar-refractivity contribution < 1.29 is 0 Å². The topological polar surface area (TPSA) is 48.0 Å². The maximum atomic E-state index is 5.14. The molecule has 0 atom stereocenters. The fourth-order valence-electron chi connectivity index (χ4n) is 7.13. The van der Waals surface area contributed by atoms with Crippen molar-refractivity contribution in [3.63, 3.8) is 0 Å². The van der Waals surface area contributed by atoms with Gasteiger partial charge in [-0.3, -0.25) is 4.40 Å². The van der Waals surface area contributed by atoms with E-state index in [2.05, 4.69) is 105 Å². The van der Waals surface area contributed by atoms with Crippen LogP contribution in [0.3, 0.4) is 0 Å². The van der Waals surface area contributed by atoms with Crippen molar-refractivity contribution in [2.45, 2.75) is 6.42 Å². The summed E-state index contributed by atoms with van der Waals surface area (Å²) in [6.45, 7) is 0. The van der Waals surface area contributed by atoms with E-state index in [1.54, 1.807) is 0 Å². The molecule has 0 spiro atoms. The molecule has 0 N–H and O–H groups in total. The number of fused-ring (bicyclic) bond motifs is 15. The van der Waals surface area contributed by atoms with Gasteiger partial charge in [-0.1, -0.05) is 48.5 Å². The molecule has 0 saturated heterocycles. The Kier molecular flexibility index (Phi) is 3.92. The van der Waals surface area contributed by atoms with E-state index >= 15 is 0 Å². The molecule has 41 heavy (non-hydrogen) atoms. The molecule has 5 heterocycles. The van der Waals surface area contributed by atoms with Crippen molar-refractivity contribution in [1.29, 1.82) is 0 Å². The second kappa shape index (κ2) is 7.55. The number of aromatic nitrogens is 5. The number of para-hydroxylation sites is 1. The fraction of sp³-hybridized carbons (Fsp3) is 0.0278. The molecule has 10 rings (SSSR count). The summed E-state index contributed by atoms with van der Waals surface area (Å²) in [6, 6.07) is 37.1. The molecule has 0 unspecified atom stereocenters. The Morgan fingerprint density at radius 3 is 2.34 bits per heavy atom. The van der Waals surface area contributed by atoms with Gasteiger partial charge in [0, 0.05) is 39.6 Å². The maximum Gasteiger partial charge on any atom is 0.178 e. The Balaban J connectivity index is 1.48. The predicted octanol–water partition coefficient (Wildman–Crippen LogP) is 8.25. The van der Waals surface area contributed by atoms with Crippen LogP contribution >= 0.6 is 0 Å². The van der Waals surface area contributed by atoms with Gasteiger partial charge in [-0.05, 0) is 88.7 Å². The molecule has 4 aromatic carbocycles. The Bertz CT molecular complexity index is 2550. The minimum Gasteiger partial charge on any atom is -0.309 e.